The molecule has 3 aromatic rings. The number of aryl methyl sites for hydroxylation is 1. The molecular weight excluding hydrogens is 496 g/mol. The highest BCUT2D eigenvalue weighted by Crippen LogP contribution is 2.28. The third kappa shape index (κ3) is 7.28. The van der Waals surface area contributed by atoms with Gasteiger partial charge in [-0.2, -0.15) is 0 Å². The highest BCUT2D eigenvalue weighted by atomic mass is 35.5. The molecule has 1 aromatic heterocycles. The Bertz CT molecular complexity index is 1360. The molecule has 0 atom stereocenters. The number of hydrogen-bond acceptors (Lipinski definition) is 6. The van der Waals surface area contributed by atoms with Gasteiger partial charge in [0, 0.05) is 17.6 Å². The molecule has 0 fully saturated rings. The van der Waals surface area contributed by atoms with Gasteiger partial charge in [-0.1, -0.05) is 24.3 Å². The van der Waals surface area contributed by atoms with E-state index in [4.69, 9.17) is 9.47 Å². The standard InChI is InChI=1S/C28H26N2O6.ClH/c1-17-14-22(12-13-29-17)30-26(31)24(16-19-6-5-7-23(15-19)35-3)25(28(34)36-4)18(2)20-8-10-21(11-9-20)27(32)33;/h5-16H,1-4H3,(H,32,33)(H,29,30,31);1H/b24-16+,25-18-;. The molecule has 0 radical (unpaired) electrons. The molecule has 0 aliphatic carbocycles. The van der Waals surface area contributed by atoms with Crippen LogP contribution in [0.15, 0.2) is 78.0 Å². The van der Waals surface area contributed by atoms with Crippen LogP contribution >= 0.6 is 12.4 Å². The van der Waals surface area contributed by atoms with Crippen LogP contribution < -0.4 is 10.1 Å². The molecule has 0 spiro atoms. The van der Waals surface area contributed by atoms with Crippen LogP contribution in [0.3, 0.4) is 0 Å². The van der Waals surface area contributed by atoms with E-state index in [9.17, 15) is 19.5 Å². The summed E-state index contributed by atoms with van der Waals surface area (Å²) < 4.78 is 10.3. The van der Waals surface area contributed by atoms with Crippen LogP contribution in [0.4, 0.5) is 5.69 Å². The number of aromatic nitrogens is 1. The first kappa shape index (κ1) is 28.8. The number of hydrogen-bond donors (Lipinski definition) is 2. The number of amides is 1. The molecule has 0 saturated heterocycles. The Hall–Kier alpha value is -4.43. The van der Waals surface area contributed by atoms with Crippen LogP contribution in [-0.4, -0.2) is 42.2 Å². The van der Waals surface area contributed by atoms with Gasteiger partial charge in [-0.3, -0.25) is 9.78 Å². The summed E-state index contributed by atoms with van der Waals surface area (Å²) in [5.41, 5.74) is 3.04. The molecule has 192 valence electrons. The Morgan fingerprint density at radius 3 is 2.24 bits per heavy atom. The van der Waals surface area contributed by atoms with Crippen LogP contribution in [0.25, 0.3) is 11.6 Å². The molecule has 0 saturated carbocycles. The number of halogens is 1. The fourth-order valence-electron chi connectivity index (χ4n) is 3.55. The average Bonchev–Trinajstić information content (AvgIpc) is 2.88. The van der Waals surface area contributed by atoms with E-state index in [1.165, 1.54) is 26.4 Å². The van der Waals surface area contributed by atoms with Gasteiger partial charge in [-0.25, -0.2) is 9.59 Å². The zero-order valence-electron chi connectivity index (χ0n) is 20.8. The van der Waals surface area contributed by atoms with Gasteiger partial charge in [0.15, 0.2) is 0 Å². The van der Waals surface area contributed by atoms with Crippen molar-refractivity contribution in [2.24, 2.45) is 0 Å². The van der Waals surface area contributed by atoms with Crippen molar-refractivity contribution < 1.29 is 29.0 Å². The molecule has 3 rings (SSSR count). The lowest BCUT2D eigenvalue weighted by Crippen LogP contribution is -2.21. The fourth-order valence-corrected chi connectivity index (χ4v) is 3.55. The second-order valence-corrected chi connectivity index (χ2v) is 7.85. The van der Waals surface area contributed by atoms with Crippen molar-refractivity contribution in [2.75, 3.05) is 19.5 Å². The first-order valence-electron chi connectivity index (χ1n) is 11.0. The van der Waals surface area contributed by atoms with Crippen molar-refractivity contribution >= 4 is 47.6 Å². The fraction of sp³-hybridized carbons (Fsp3) is 0.143. The van der Waals surface area contributed by atoms with E-state index in [0.29, 0.717) is 33.8 Å². The van der Waals surface area contributed by atoms with Crippen molar-refractivity contribution in [3.63, 3.8) is 0 Å². The van der Waals surface area contributed by atoms with Gasteiger partial charge in [0.1, 0.15) is 5.75 Å². The van der Waals surface area contributed by atoms with E-state index in [1.54, 1.807) is 74.7 Å². The lowest BCUT2D eigenvalue weighted by atomic mass is 9.93. The minimum Gasteiger partial charge on any atom is -0.497 e. The summed E-state index contributed by atoms with van der Waals surface area (Å²) in [5.74, 6) is -1.74. The Kier molecular flexibility index (Phi) is 10.1. The second kappa shape index (κ2) is 13.0. The largest absolute Gasteiger partial charge is 0.497 e. The maximum atomic E-state index is 13.6. The Labute approximate surface area is 221 Å². The normalized spacial score (nSPS) is 11.5. The number of methoxy groups -OCH3 is 2. The summed E-state index contributed by atoms with van der Waals surface area (Å²) in [6.07, 6.45) is 3.15. The van der Waals surface area contributed by atoms with Gasteiger partial charge < -0.3 is 19.9 Å². The number of rotatable bonds is 8. The van der Waals surface area contributed by atoms with Crippen LogP contribution in [0, 0.1) is 6.92 Å². The number of carbonyl (C=O) groups excluding carboxylic acids is 2. The molecule has 2 aromatic carbocycles. The molecule has 0 bridgehead atoms. The number of carboxylic acids is 1. The first-order valence-corrected chi connectivity index (χ1v) is 11.0. The number of nitrogens with one attached hydrogen (secondary N) is 1. The number of ether oxygens (including phenoxy) is 2. The summed E-state index contributed by atoms with van der Waals surface area (Å²) in [6, 6.07) is 16.4. The number of anilines is 1. The maximum Gasteiger partial charge on any atom is 0.338 e. The third-order valence-corrected chi connectivity index (χ3v) is 5.40. The molecule has 0 unspecified atom stereocenters. The van der Waals surface area contributed by atoms with E-state index < -0.39 is 17.8 Å². The van der Waals surface area contributed by atoms with Gasteiger partial charge in [0.2, 0.25) is 0 Å². The van der Waals surface area contributed by atoms with Crippen LogP contribution in [0.2, 0.25) is 0 Å². The number of carbonyl (C=O) groups is 3. The number of nitrogens with zero attached hydrogens (tertiary/aromatic N) is 1. The summed E-state index contributed by atoms with van der Waals surface area (Å²) in [7, 11) is 2.77. The monoisotopic (exact) mass is 522 g/mol. The lowest BCUT2D eigenvalue weighted by Gasteiger charge is -2.16. The predicted molar refractivity (Wildman–Crippen MR) is 144 cm³/mol. The minimum absolute atomic E-state index is 0. The second-order valence-electron chi connectivity index (χ2n) is 7.85. The van der Waals surface area contributed by atoms with Crippen LogP contribution in [-0.2, 0) is 14.3 Å². The minimum atomic E-state index is -1.07. The first-order chi connectivity index (χ1) is 17.2. The van der Waals surface area contributed by atoms with Crippen molar-refractivity contribution in [1.82, 2.24) is 4.98 Å². The molecule has 0 aliphatic rings. The Morgan fingerprint density at radius 1 is 0.973 bits per heavy atom. The highest BCUT2D eigenvalue weighted by molar-refractivity contribution is 6.19. The van der Waals surface area contributed by atoms with E-state index in [0.717, 1.165) is 0 Å². The van der Waals surface area contributed by atoms with E-state index in [2.05, 4.69) is 10.3 Å². The Morgan fingerprint density at radius 2 is 1.65 bits per heavy atom. The van der Waals surface area contributed by atoms with Crippen LogP contribution in [0.1, 0.15) is 34.1 Å². The molecule has 9 heteroatoms. The van der Waals surface area contributed by atoms with Crippen molar-refractivity contribution in [3.8, 4) is 5.75 Å². The van der Waals surface area contributed by atoms with Crippen molar-refractivity contribution in [3.05, 3.63) is 100 Å². The average molecular weight is 523 g/mol. The number of allylic oxidation sites excluding steroid dienone is 1. The molecule has 1 amide bonds. The molecule has 2 N–H and O–H groups in total. The third-order valence-electron chi connectivity index (χ3n) is 5.40. The van der Waals surface area contributed by atoms with Crippen LogP contribution in [0.5, 0.6) is 5.75 Å². The van der Waals surface area contributed by atoms with Crippen molar-refractivity contribution in [1.29, 1.82) is 0 Å². The number of pyridine rings is 1. The predicted octanol–water partition coefficient (Wildman–Crippen LogP) is 5.19. The summed E-state index contributed by atoms with van der Waals surface area (Å²) in [6.45, 7) is 3.47. The number of aromatic carboxylic acids is 1. The topological polar surface area (TPSA) is 115 Å². The number of carboxylic acid groups (broad SMARTS) is 1. The zero-order chi connectivity index (χ0) is 26.2. The van der Waals surface area contributed by atoms with Crippen molar-refractivity contribution in [2.45, 2.75) is 13.8 Å². The molecule has 1 heterocycles. The smallest absolute Gasteiger partial charge is 0.338 e. The summed E-state index contributed by atoms with van der Waals surface area (Å²) in [5, 5.41) is 12.0. The van der Waals surface area contributed by atoms with Gasteiger partial charge >= 0.3 is 11.9 Å². The zero-order valence-corrected chi connectivity index (χ0v) is 21.6. The Balaban J connectivity index is 0.00000481. The number of esters is 1. The van der Waals surface area contributed by atoms with E-state index in [1.807, 2.05) is 0 Å². The molecule has 37 heavy (non-hydrogen) atoms. The number of benzene rings is 2. The van der Waals surface area contributed by atoms with Gasteiger partial charge in [-0.05, 0) is 73.0 Å². The van der Waals surface area contributed by atoms with E-state index in [-0.39, 0.29) is 29.1 Å². The van der Waals surface area contributed by atoms with Gasteiger partial charge in [-0.15, -0.1) is 12.4 Å². The summed E-state index contributed by atoms with van der Waals surface area (Å²) in [4.78, 5) is 42.0. The highest BCUT2D eigenvalue weighted by Gasteiger charge is 2.25. The SMILES string of the molecule is COC(=O)C(=C(/C)c1ccc(C(=O)O)cc1)/C(=C\c1cccc(OC)c1)C(=O)Nc1ccnc(C)c1.Cl. The molecule has 0 aliphatic heterocycles. The quantitative estimate of drug-likeness (QED) is 0.238. The van der Waals surface area contributed by atoms with Gasteiger partial charge in [0.05, 0.1) is 30.9 Å². The lowest BCUT2D eigenvalue weighted by molar-refractivity contribution is -0.136. The van der Waals surface area contributed by atoms with Gasteiger partial charge in [0.25, 0.3) is 5.91 Å². The van der Waals surface area contributed by atoms with E-state index >= 15 is 0 Å². The summed E-state index contributed by atoms with van der Waals surface area (Å²) >= 11 is 0. The molecular formula is C28H27ClN2O6. The molecule has 8 nitrogen and oxygen atoms in total. The maximum absolute atomic E-state index is 13.6.